The largest absolute Gasteiger partial charge is 0.326 e. The van der Waals surface area contributed by atoms with Crippen molar-refractivity contribution in [2.75, 3.05) is 13.1 Å². The zero-order chi connectivity index (χ0) is 14.6. The molecule has 19 heavy (non-hydrogen) atoms. The Morgan fingerprint density at radius 2 is 1.79 bits per heavy atom. The summed E-state index contributed by atoms with van der Waals surface area (Å²) in [7, 11) is 0. The summed E-state index contributed by atoms with van der Waals surface area (Å²) in [6, 6.07) is 3.44. The van der Waals surface area contributed by atoms with E-state index in [2.05, 4.69) is 32.6 Å². The third-order valence-electron chi connectivity index (χ3n) is 3.94. The van der Waals surface area contributed by atoms with Crippen molar-refractivity contribution in [3.8, 4) is 0 Å². The summed E-state index contributed by atoms with van der Waals surface area (Å²) >= 11 is 0. The Balaban J connectivity index is 2.86. The van der Waals surface area contributed by atoms with Gasteiger partial charge < -0.3 is 5.73 Å². The summed E-state index contributed by atoms with van der Waals surface area (Å²) < 4.78 is 26.5. The maximum atomic E-state index is 13.7. The molecule has 0 aliphatic heterocycles. The Bertz CT molecular complexity index is 415. The van der Waals surface area contributed by atoms with E-state index in [1.54, 1.807) is 0 Å². The quantitative estimate of drug-likeness (QED) is 0.861. The van der Waals surface area contributed by atoms with Gasteiger partial charge in [0.1, 0.15) is 11.6 Å². The van der Waals surface area contributed by atoms with Gasteiger partial charge in [-0.3, -0.25) is 4.90 Å². The molecule has 0 heterocycles. The fourth-order valence-corrected chi connectivity index (χ4v) is 2.45. The Hall–Kier alpha value is -1.00. The van der Waals surface area contributed by atoms with Crippen molar-refractivity contribution in [3.05, 3.63) is 35.4 Å². The number of hydrogen-bond donors (Lipinski definition) is 1. The number of benzene rings is 1. The van der Waals surface area contributed by atoms with Gasteiger partial charge in [0.15, 0.2) is 0 Å². The van der Waals surface area contributed by atoms with E-state index < -0.39 is 11.6 Å². The highest BCUT2D eigenvalue weighted by Gasteiger charge is 2.31. The molecule has 1 rings (SSSR count). The van der Waals surface area contributed by atoms with Crippen molar-refractivity contribution < 1.29 is 8.78 Å². The monoisotopic (exact) mass is 270 g/mol. The smallest absolute Gasteiger partial charge is 0.129 e. The zero-order valence-electron chi connectivity index (χ0n) is 12.2. The Morgan fingerprint density at radius 3 is 2.26 bits per heavy atom. The van der Waals surface area contributed by atoms with Gasteiger partial charge in [-0.25, -0.2) is 8.78 Å². The highest BCUT2D eigenvalue weighted by atomic mass is 19.1. The Morgan fingerprint density at radius 1 is 1.21 bits per heavy atom. The fourth-order valence-electron chi connectivity index (χ4n) is 2.45. The summed E-state index contributed by atoms with van der Waals surface area (Å²) in [5.41, 5.74) is 6.48. The van der Waals surface area contributed by atoms with E-state index in [-0.39, 0.29) is 11.6 Å². The van der Waals surface area contributed by atoms with Crippen molar-refractivity contribution in [2.45, 2.75) is 45.7 Å². The molecule has 0 fully saturated rings. The minimum atomic E-state index is -0.558. The topological polar surface area (TPSA) is 29.3 Å². The van der Waals surface area contributed by atoms with Gasteiger partial charge in [-0.1, -0.05) is 19.9 Å². The van der Waals surface area contributed by atoms with Crippen LogP contribution in [0.2, 0.25) is 0 Å². The summed E-state index contributed by atoms with van der Waals surface area (Å²) in [6.45, 7) is 10.1. The second kappa shape index (κ2) is 6.44. The molecule has 1 unspecified atom stereocenters. The second-order valence-electron chi connectivity index (χ2n) is 5.37. The predicted octanol–water partition coefficient (Wildman–Crippen LogP) is 2.96. The van der Waals surface area contributed by atoms with Crippen molar-refractivity contribution in [3.63, 3.8) is 0 Å². The molecule has 0 aliphatic rings. The first-order valence-electron chi connectivity index (χ1n) is 6.77. The van der Waals surface area contributed by atoms with E-state index in [1.807, 2.05) is 0 Å². The average Bonchev–Trinajstić information content (AvgIpc) is 2.33. The van der Waals surface area contributed by atoms with Gasteiger partial charge in [-0.2, -0.15) is 0 Å². The van der Waals surface area contributed by atoms with Crippen LogP contribution in [0.5, 0.6) is 0 Å². The van der Waals surface area contributed by atoms with E-state index in [0.29, 0.717) is 12.0 Å². The van der Waals surface area contributed by atoms with Gasteiger partial charge in [-0.05, 0) is 45.0 Å². The lowest BCUT2D eigenvalue weighted by Gasteiger charge is -2.42. The predicted molar refractivity (Wildman–Crippen MR) is 75.0 cm³/mol. The Labute approximate surface area is 114 Å². The molecule has 108 valence electrons. The standard InChI is InChI=1S/C15H24F2N2/c1-5-19(6-2)15(3,4)14(18)9-11-7-8-12(16)10-13(11)17/h7-8,10,14H,5-6,9,18H2,1-4H3. The molecular formula is C15H24F2N2. The van der Waals surface area contributed by atoms with E-state index >= 15 is 0 Å². The number of likely N-dealkylation sites (N-methyl/N-ethyl adjacent to an activating group) is 1. The third kappa shape index (κ3) is 3.74. The normalized spacial score (nSPS) is 13.9. The molecule has 2 N–H and O–H groups in total. The molecule has 0 aliphatic carbocycles. The maximum Gasteiger partial charge on any atom is 0.129 e. The molecule has 0 amide bonds. The second-order valence-corrected chi connectivity index (χ2v) is 5.37. The maximum absolute atomic E-state index is 13.7. The molecule has 2 nitrogen and oxygen atoms in total. The summed E-state index contributed by atoms with van der Waals surface area (Å²) in [5, 5.41) is 0. The zero-order valence-corrected chi connectivity index (χ0v) is 12.2. The van der Waals surface area contributed by atoms with Crippen LogP contribution in [0.1, 0.15) is 33.3 Å². The highest BCUT2D eigenvalue weighted by Crippen LogP contribution is 2.21. The first-order valence-corrected chi connectivity index (χ1v) is 6.77. The number of halogens is 2. The molecule has 1 aromatic carbocycles. The van der Waals surface area contributed by atoms with Gasteiger partial charge >= 0.3 is 0 Å². The number of hydrogen-bond acceptors (Lipinski definition) is 2. The van der Waals surface area contributed by atoms with Crippen LogP contribution in [0.4, 0.5) is 8.78 Å². The molecule has 0 aromatic heterocycles. The van der Waals surface area contributed by atoms with E-state index in [9.17, 15) is 8.78 Å². The lowest BCUT2D eigenvalue weighted by Crippen LogP contribution is -2.56. The van der Waals surface area contributed by atoms with Crippen LogP contribution in [0.25, 0.3) is 0 Å². The molecule has 0 bridgehead atoms. The fraction of sp³-hybridized carbons (Fsp3) is 0.600. The minimum Gasteiger partial charge on any atom is -0.326 e. The lowest BCUT2D eigenvalue weighted by atomic mass is 9.88. The molecule has 0 spiro atoms. The van der Waals surface area contributed by atoms with E-state index in [4.69, 9.17) is 5.73 Å². The number of rotatable bonds is 6. The Kier molecular flexibility index (Phi) is 5.44. The van der Waals surface area contributed by atoms with Crippen LogP contribution in [0, 0.1) is 11.6 Å². The summed E-state index contributed by atoms with van der Waals surface area (Å²) in [5.74, 6) is -1.08. The molecule has 0 saturated heterocycles. The minimum absolute atomic E-state index is 0.215. The van der Waals surface area contributed by atoms with E-state index in [1.165, 1.54) is 12.1 Å². The molecule has 4 heteroatoms. The lowest BCUT2D eigenvalue weighted by molar-refractivity contribution is 0.106. The van der Waals surface area contributed by atoms with Crippen molar-refractivity contribution in [2.24, 2.45) is 5.73 Å². The van der Waals surface area contributed by atoms with Crippen LogP contribution in [-0.2, 0) is 6.42 Å². The average molecular weight is 270 g/mol. The third-order valence-corrected chi connectivity index (χ3v) is 3.94. The van der Waals surface area contributed by atoms with Crippen LogP contribution in [0.3, 0.4) is 0 Å². The van der Waals surface area contributed by atoms with E-state index in [0.717, 1.165) is 19.2 Å². The van der Waals surface area contributed by atoms with Gasteiger partial charge in [0.2, 0.25) is 0 Å². The first kappa shape index (κ1) is 16.1. The van der Waals surface area contributed by atoms with Crippen LogP contribution in [-0.4, -0.2) is 29.6 Å². The van der Waals surface area contributed by atoms with Gasteiger partial charge in [-0.15, -0.1) is 0 Å². The molecule has 0 radical (unpaired) electrons. The molecule has 1 aromatic rings. The van der Waals surface area contributed by atoms with Crippen molar-refractivity contribution >= 4 is 0 Å². The van der Waals surface area contributed by atoms with Crippen molar-refractivity contribution in [1.82, 2.24) is 4.90 Å². The number of nitrogens with zero attached hydrogens (tertiary/aromatic N) is 1. The van der Waals surface area contributed by atoms with Gasteiger partial charge in [0, 0.05) is 17.6 Å². The summed E-state index contributed by atoms with van der Waals surface area (Å²) in [4.78, 5) is 2.25. The summed E-state index contributed by atoms with van der Waals surface area (Å²) in [6.07, 6.45) is 0.398. The first-order chi connectivity index (χ1) is 8.82. The van der Waals surface area contributed by atoms with Crippen molar-refractivity contribution in [1.29, 1.82) is 0 Å². The van der Waals surface area contributed by atoms with Gasteiger partial charge in [0.05, 0.1) is 0 Å². The highest BCUT2D eigenvalue weighted by molar-refractivity contribution is 5.20. The SMILES string of the molecule is CCN(CC)C(C)(C)C(N)Cc1ccc(F)cc1F. The van der Waals surface area contributed by atoms with Crippen LogP contribution < -0.4 is 5.73 Å². The molecule has 1 atom stereocenters. The number of nitrogens with two attached hydrogens (primary N) is 1. The van der Waals surface area contributed by atoms with Gasteiger partial charge in [0.25, 0.3) is 0 Å². The van der Waals surface area contributed by atoms with Crippen LogP contribution in [0.15, 0.2) is 18.2 Å². The molecule has 0 saturated carbocycles. The molecular weight excluding hydrogens is 246 g/mol. The van der Waals surface area contributed by atoms with Crippen LogP contribution >= 0.6 is 0 Å².